The average molecular weight is 276 g/mol. The number of Topliss-reactive ketones (excluding diaryl/α,β-unsaturated/α-hetero) is 1. The predicted octanol–water partition coefficient (Wildman–Crippen LogP) is 1.74. The summed E-state index contributed by atoms with van der Waals surface area (Å²) >= 11 is 0. The maximum absolute atomic E-state index is 12.4. The highest BCUT2D eigenvalue weighted by atomic mass is 16.5. The first-order chi connectivity index (χ1) is 9.49. The Kier molecular flexibility index (Phi) is 4.09. The van der Waals surface area contributed by atoms with Gasteiger partial charge in [0, 0.05) is 11.6 Å². The molecule has 0 bridgehead atoms. The van der Waals surface area contributed by atoms with Crippen molar-refractivity contribution in [3.63, 3.8) is 0 Å². The van der Waals surface area contributed by atoms with E-state index in [1.807, 2.05) is 20.8 Å². The fraction of sp³-hybridized carbons (Fsp3) is 0.467. The molecule has 108 valence electrons. The van der Waals surface area contributed by atoms with Crippen molar-refractivity contribution >= 4 is 17.4 Å². The highest BCUT2D eigenvalue weighted by molar-refractivity contribution is 6.03. The van der Waals surface area contributed by atoms with Gasteiger partial charge in [0.2, 0.25) is 0 Å². The average Bonchev–Trinajstić information content (AvgIpc) is 2.44. The zero-order valence-electron chi connectivity index (χ0n) is 12.1. The van der Waals surface area contributed by atoms with Crippen LogP contribution in [-0.2, 0) is 4.79 Å². The quantitative estimate of drug-likeness (QED) is 0.850. The maximum atomic E-state index is 12.4. The number of fused-ring (bicyclic) bond motifs is 1. The first kappa shape index (κ1) is 14.5. The number of nitrogens with two attached hydrogens (primary N) is 1. The predicted molar refractivity (Wildman–Crippen MR) is 77.2 cm³/mol. The molecule has 1 heterocycles. The minimum atomic E-state index is -0.457. The van der Waals surface area contributed by atoms with Crippen molar-refractivity contribution in [1.82, 2.24) is 0 Å². The molecule has 1 unspecified atom stereocenters. The van der Waals surface area contributed by atoms with Crippen molar-refractivity contribution in [3.8, 4) is 5.75 Å². The van der Waals surface area contributed by atoms with Crippen LogP contribution < -0.4 is 15.4 Å². The monoisotopic (exact) mass is 276 g/mol. The van der Waals surface area contributed by atoms with E-state index >= 15 is 0 Å². The lowest BCUT2D eigenvalue weighted by Crippen LogP contribution is -2.48. The maximum Gasteiger partial charge on any atom is 0.268 e. The number of hydrogen-bond donors (Lipinski definition) is 1. The number of nitrogens with zero attached hydrogens (tertiary/aromatic N) is 1. The molecule has 2 rings (SSSR count). The van der Waals surface area contributed by atoms with Gasteiger partial charge in [-0.25, -0.2) is 0 Å². The van der Waals surface area contributed by atoms with Gasteiger partial charge in [0.15, 0.2) is 11.9 Å². The van der Waals surface area contributed by atoms with Gasteiger partial charge in [0.25, 0.3) is 5.91 Å². The van der Waals surface area contributed by atoms with E-state index < -0.39 is 6.10 Å². The molecule has 0 aliphatic carbocycles. The molecule has 0 saturated heterocycles. The third kappa shape index (κ3) is 2.41. The third-order valence-electron chi connectivity index (χ3n) is 3.40. The molecular weight excluding hydrogens is 256 g/mol. The fourth-order valence-corrected chi connectivity index (χ4v) is 2.36. The van der Waals surface area contributed by atoms with Crippen molar-refractivity contribution < 1.29 is 14.3 Å². The molecule has 0 aromatic heterocycles. The van der Waals surface area contributed by atoms with E-state index in [0.29, 0.717) is 23.4 Å². The summed E-state index contributed by atoms with van der Waals surface area (Å²) in [5, 5.41) is 0. The number of anilines is 1. The Morgan fingerprint density at radius 3 is 2.70 bits per heavy atom. The highest BCUT2D eigenvalue weighted by Crippen LogP contribution is 2.36. The lowest BCUT2D eigenvalue weighted by Gasteiger charge is -2.36. The number of rotatable bonds is 4. The van der Waals surface area contributed by atoms with Crippen LogP contribution in [0.1, 0.15) is 37.6 Å². The molecule has 1 aromatic rings. The fourth-order valence-electron chi connectivity index (χ4n) is 2.36. The van der Waals surface area contributed by atoms with Gasteiger partial charge in [-0.2, -0.15) is 0 Å². The molecule has 5 nitrogen and oxygen atoms in total. The minimum absolute atomic E-state index is 0.00225. The Morgan fingerprint density at radius 1 is 1.45 bits per heavy atom. The number of carbonyl (C=O) groups is 2. The van der Waals surface area contributed by atoms with Gasteiger partial charge in [0.05, 0.1) is 12.2 Å². The zero-order valence-corrected chi connectivity index (χ0v) is 12.1. The van der Waals surface area contributed by atoms with Crippen molar-refractivity contribution in [3.05, 3.63) is 23.8 Å². The van der Waals surface area contributed by atoms with Gasteiger partial charge in [0.1, 0.15) is 5.75 Å². The summed E-state index contributed by atoms with van der Waals surface area (Å²) < 4.78 is 5.71. The summed E-state index contributed by atoms with van der Waals surface area (Å²) in [6.07, 6.45) is 0.159. The van der Waals surface area contributed by atoms with E-state index in [9.17, 15) is 9.59 Å². The van der Waals surface area contributed by atoms with Crippen LogP contribution >= 0.6 is 0 Å². The molecule has 1 amide bonds. The largest absolute Gasteiger partial charge is 0.478 e. The molecule has 2 N–H and O–H groups in total. The van der Waals surface area contributed by atoms with Crippen LogP contribution in [-0.4, -0.2) is 30.4 Å². The highest BCUT2D eigenvalue weighted by Gasteiger charge is 2.35. The first-order valence-electron chi connectivity index (χ1n) is 6.86. The van der Waals surface area contributed by atoms with Crippen LogP contribution in [0.25, 0.3) is 0 Å². The van der Waals surface area contributed by atoms with E-state index in [1.54, 1.807) is 23.1 Å². The molecule has 0 spiro atoms. The molecule has 0 radical (unpaired) electrons. The summed E-state index contributed by atoms with van der Waals surface area (Å²) in [6, 6.07) is 5.12. The van der Waals surface area contributed by atoms with E-state index in [0.717, 1.165) is 0 Å². The summed E-state index contributed by atoms with van der Waals surface area (Å²) in [4.78, 5) is 25.8. The molecule has 1 atom stereocenters. The van der Waals surface area contributed by atoms with E-state index in [1.165, 1.54) is 0 Å². The molecule has 0 saturated carbocycles. The molecular formula is C15H20N2O3. The van der Waals surface area contributed by atoms with E-state index in [4.69, 9.17) is 10.5 Å². The summed E-state index contributed by atoms with van der Waals surface area (Å²) in [6.45, 7) is 5.75. The summed E-state index contributed by atoms with van der Waals surface area (Å²) in [5.74, 6) is 0.424. The van der Waals surface area contributed by atoms with Gasteiger partial charge in [-0.05, 0) is 38.5 Å². The van der Waals surface area contributed by atoms with Crippen LogP contribution in [0.15, 0.2) is 18.2 Å². The number of ketones is 1. The Labute approximate surface area is 118 Å². The third-order valence-corrected chi connectivity index (χ3v) is 3.40. The summed E-state index contributed by atoms with van der Waals surface area (Å²) in [7, 11) is 0. The van der Waals surface area contributed by atoms with Crippen molar-refractivity contribution in [2.24, 2.45) is 5.73 Å². The van der Waals surface area contributed by atoms with Crippen LogP contribution in [0.3, 0.4) is 0 Å². The minimum Gasteiger partial charge on any atom is -0.478 e. The first-order valence-corrected chi connectivity index (χ1v) is 6.86. The lowest BCUT2D eigenvalue weighted by atomic mass is 10.0. The Balaban J connectivity index is 2.50. The number of carbonyl (C=O) groups excluding carboxylic acids is 2. The summed E-state index contributed by atoms with van der Waals surface area (Å²) in [5.41, 5.74) is 6.53. The Bertz CT molecular complexity index is 540. The van der Waals surface area contributed by atoms with Gasteiger partial charge in [-0.3, -0.25) is 9.59 Å². The van der Waals surface area contributed by atoms with Crippen molar-refractivity contribution in [2.45, 2.75) is 39.3 Å². The topological polar surface area (TPSA) is 72.6 Å². The van der Waals surface area contributed by atoms with Crippen molar-refractivity contribution in [2.75, 3.05) is 11.4 Å². The number of amides is 1. The van der Waals surface area contributed by atoms with Crippen LogP contribution in [0.5, 0.6) is 5.75 Å². The second kappa shape index (κ2) is 5.63. The second-order valence-corrected chi connectivity index (χ2v) is 5.13. The standard InChI is InChI=1S/C15H20N2O3/c1-4-13-15(19)17(9(2)3)11-7-10(12(18)8-16)5-6-14(11)20-13/h5-7,9,13H,4,8,16H2,1-3H3. The number of ether oxygens (including phenoxy) is 1. The molecule has 1 aliphatic heterocycles. The molecule has 1 aliphatic rings. The van der Waals surface area contributed by atoms with Crippen molar-refractivity contribution in [1.29, 1.82) is 0 Å². The van der Waals surface area contributed by atoms with Gasteiger partial charge >= 0.3 is 0 Å². The van der Waals surface area contributed by atoms with Crippen LogP contribution in [0.2, 0.25) is 0 Å². The van der Waals surface area contributed by atoms with Gasteiger partial charge < -0.3 is 15.4 Å². The van der Waals surface area contributed by atoms with Crippen LogP contribution in [0.4, 0.5) is 5.69 Å². The lowest BCUT2D eigenvalue weighted by molar-refractivity contribution is -0.126. The Hall–Kier alpha value is -1.88. The Morgan fingerprint density at radius 2 is 2.15 bits per heavy atom. The van der Waals surface area contributed by atoms with E-state index in [-0.39, 0.29) is 24.3 Å². The molecule has 5 heteroatoms. The van der Waals surface area contributed by atoms with E-state index in [2.05, 4.69) is 0 Å². The molecule has 20 heavy (non-hydrogen) atoms. The SMILES string of the molecule is CCC1Oc2ccc(C(=O)CN)cc2N(C(C)C)C1=O. The van der Waals surface area contributed by atoms with Crippen LogP contribution in [0, 0.1) is 0 Å². The smallest absolute Gasteiger partial charge is 0.268 e. The number of hydrogen-bond acceptors (Lipinski definition) is 4. The molecule has 0 fully saturated rings. The number of benzene rings is 1. The van der Waals surface area contributed by atoms with Gasteiger partial charge in [-0.15, -0.1) is 0 Å². The molecule has 1 aromatic carbocycles. The normalized spacial score (nSPS) is 17.9. The second-order valence-electron chi connectivity index (χ2n) is 5.13. The van der Waals surface area contributed by atoms with Gasteiger partial charge in [-0.1, -0.05) is 6.92 Å². The zero-order chi connectivity index (χ0) is 14.9.